The molecule has 4 amide bonds. The summed E-state index contributed by atoms with van der Waals surface area (Å²) >= 11 is 0. The third kappa shape index (κ3) is 11.5. The van der Waals surface area contributed by atoms with Crippen molar-refractivity contribution in [1.29, 1.82) is 0 Å². The Morgan fingerprint density at radius 1 is 0.637 bits per heavy atom. The van der Waals surface area contributed by atoms with Gasteiger partial charge in [-0.15, -0.1) is 0 Å². The summed E-state index contributed by atoms with van der Waals surface area (Å²) in [6.07, 6.45) is 0. The molecular formula is C66H92N6O8. The monoisotopic (exact) mass is 1100 g/mol. The molecule has 2 unspecified atom stereocenters. The summed E-state index contributed by atoms with van der Waals surface area (Å²) in [5.41, 5.74) is 4.52. The molecule has 14 heteroatoms. The molecule has 0 saturated carbocycles. The van der Waals surface area contributed by atoms with Crippen molar-refractivity contribution in [3.63, 3.8) is 0 Å². The molecule has 4 aromatic carbocycles. The molecule has 0 spiro atoms. The maximum absolute atomic E-state index is 15.1. The number of nitrogens with zero attached hydrogens (tertiary/aromatic N) is 2. The molecule has 7 rings (SSSR count). The van der Waals surface area contributed by atoms with Gasteiger partial charge in [0.25, 0.3) is 0 Å². The van der Waals surface area contributed by atoms with E-state index in [1.54, 1.807) is 0 Å². The number of allylic oxidation sites excluding steroid dienone is 2. The van der Waals surface area contributed by atoms with Crippen LogP contribution in [-0.4, -0.2) is 78.5 Å². The van der Waals surface area contributed by atoms with Crippen LogP contribution in [-0.2, 0) is 37.3 Å². The molecule has 6 N–H and O–H groups in total. The molecule has 0 radical (unpaired) electrons. The van der Waals surface area contributed by atoms with E-state index in [-0.39, 0.29) is 94.8 Å². The summed E-state index contributed by atoms with van der Waals surface area (Å²) in [6, 6.07) is 14.2. The number of urea groups is 2. The fourth-order valence-electron chi connectivity index (χ4n) is 11.8. The third-order valence-electron chi connectivity index (χ3n) is 16.9. The zero-order chi connectivity index (χ0) is 59.9. The molecule has 2 aliphatic heterocycles. The number of benzene rings is 4. The molecule has 0 bridgehead atoms. The topological polar surface area (TPSA) is 188 Å². The van der Waals surface area contributed by atoms with Crippen molar-refractivity contribution in [1.82, 2.24) is 15.2 Å². The smallest absolute Gasteiger partial charge is 0.319 e. The van der Waals surface area contributed by atoms with Crippen molar-refractivity contribution >= 4 is 46.1 Å². The standard InChI is InChI=1S/C66H92N6O8/c1-35(2)71-37(5)65(19,20)43-31-41(49(33-51(43)71)69-59(77)67-23-25-79-39-27-45(61(7,8)9)55(73)46(28-39)62(10,11)12)53-57(75)54(58(53)76)42-32-44-52(72(36(3)4)38(6)66(44,21)22)34-50(42)70-60(78)68-24-26-80-40-29-47(63(13,14)15)56(74)48(30-40)64(16,17)18/h27-38H,23-26H2,1-22H3,(H6,67,68,69,70,73,74,75,76,77,78). The van der Waals surface area contributed by atoms with Gasteiger partial charge in [-0.25, -0.2) is 14.2 Å². The number of carbonyl (C=O) groups is 3. The highest BCUT2D eigenvalue weighted by molar-refractivity contribution is 6.52. The Morgan fingerprint density at radius 2 is 1.07 bits per heavy atom. The first-order chi connectivity index (χ1) is 36.7. The van der Waals surface area contributed by atoms with E-state index >= 15 is 9.90 Å². The molecule has 0 saturated heterocycles. The van der Waals surface area contributed by atoms with Crippen LogP contribution in [0.25, 0.3) is 11.1 Å². The van der Waals surface area contributed by atoms with Gasteiger partial charge in [0, 0.05) is 79.0 Å². The maximum atomic E-state index is 15.1. The number of hydrogen-bond donors (Lipinski definition) is 6. The molecule has 2 heterocycles. The van der Waals surface area contributed by atoms with E-state index in [1.165, 1.54) is 0 Å². The highest BCUT2D eigenvalue weighted by atomic mass is 16.5. The lowest BCUT2D eigenvalue weighted by atomic mass is 9.76. The van der Waals surface area contributed by atoms with E-state index in [0.29, 0.717) is 33.7 Å². The number of fused-ring (bicyclic) bond motifs is 2. The number of aromatic hydroxyl groups is 2. The van der Waals surface area contributed by atoms with E-state index in [4.69, 9.17) is 9.47 Å². The predicted molar refractivity (Wildman–Crippen MR) is 322 cm³/mol. The summed E-state index contributed by atoms with van der Waals surface area (Å²) in [4.78, 5) is 45.4. The highest BCUT2D eigenvalue weighted by Crippen LogP contribution is 2.51. The molecule has 0 fully saturated rings. The zero-order valence-electron chi connectivity index (χ0n) is 52.0. The van der Waals surface area contributed by atoms with Gasteiger partial charge in [-0.3, -0.25) is 4.79 Å². The molecule has 14 nitrogen and oxygen atoms in total. The largest absolute Gasteiger partial charge is 0.871 e. The summed E-state index contributed by atoms with van der Waals surface area (Å²) in [7, 11) is 0. The number of carbonyl (C=O) groups excluding carboxylic acids is 3. The van der Waals surface area contributed by atoms with Crippen molar-refractivity contribution in [3.8, 4) is 23.0 Å². The first-order valence-corrected chi connectivity index (χ1v) is 28.6. The minimum atomic E-state index is -0.545. The van der Waals surface area contributed by atoms with Gasteiger partial charge in [-0.05, 0) is 125 Å². The molecule has 0 aromatic heterocycles. The zero-order valence-corrected chi connectivity index (χ0v) is 52.0. The summed E-state index contributed by atoms with van der Waals surface area (Å²) < 4.78 is 14.7. The van der Waals surface area contributed by atoms with Crippen molar-refractivity contribution < 1.29 is 39.2 Å². The molecule has 4 aromatic rings. The number of Topliss-reactive ketones (excluding diaryl/α,β-unsaturated/α-hetero) is 1. The van der Waals surface area contributed by atoms with Crippen LogP contribution in [0, 0.1) is 0 Å². The fraction of sp³-hybridized carbons (Fsp3) is 0.545. The molecule has 80 heavy (non-hydrogen) atoms. The number of hydrogen-bond acceptors (Lipinski definition) is 9. The maximum Gasteiger partial charge on any atom is 0.319 e. The predicted octanol–water partition coefficient (Wildman–Crippen LogP) is 10.7. The Balaban J connectivity index is 1.24. The Kier molecular flexibility index (Phi) is 16.2. The first kappa shape index (κ1) is 60.9. The lowest BCUT2D eigenvalue weighted by molar-refractivity contribution is -0.292. The summed E-state index contributed by atoms with van der Waals surface area (Å²) in [5, 5.41) is 50.7. The SMILES string of the molecule is CC(C)N1c2cc(NC(=O)NCCOc3cc(C(C)(C)C)c(O)c(C(C)(C)C)c3)c(C3=C([O-])/C(=c4/cc5c(cc4NC(=O)NCCOc4cc(C(C)(C)C)c(O)c(C(C)(C)C)c4)=[N+](C(C)C)C(C)C5(C)C)C3=O)cc2C(C)(C)C1C. The minimum absolute atomic E-state index is 0.0486. The van der Waals surface area contributed by atoms with Crippen LogP contribution in [0.2, 0.25) is 0 Å². The van der Waals surface area contributed by atoms with Crippen molar-refractivity contribution in [2.24, 2.45) is 0 Å². The minimum Gasteiger partial charge on any atom is -0.871 e. The van der Waals surface area contributed by atoms with E-state index < -0.39 is 34.4 Å². The van der Waals surface area contributed by atoms with Crippen molar-refractivity contribution in [3.05, 3.63) is 104 Å². The van der Waals surface area contributed by atoms with Gasteiger partial charge >= 0.3 is 12.1 Å². The second kappa shape index (κ2) is 21.3. The lowest BCUT2D eigenvalue weighted by Crippen LogP contribution is -2.42. The molecule has 1 aliphatic carbocycles. The molecule has 2 atom stereocenters. The Hall–Kier alpha value is -6.70. The quantitative estimate of drug-likeness (QED) is 0.0559. The van der Waals surface area contributed by atoms with Gasteiger partial charge in [0.05, 0.1) is 29.9 Å². The van der Waals surface area contributed by atoms with Crippen LogP contribution in [0.1, 0.15) is 191 Å². The Labute approximate surface area is 476 Å². The Bertz CT molecular complexity index is 3230. The van der Waals surface area contributed by atoms with Crippen LogP contribution >= 0.6 is 0 Å². The first-order valence-electron chi connectivity index (χ1n) is 28.6. The van der Waals surface area contributed by atoms with Gasteiger partial charge < -0.3 is 51.0 Å². The number of ether oxygens (including phenoxy) is 2. The van der Waals surface area contributed by atoms with Gasteiger partial charge in [-0.2, -0.15) is 0 Å². The number of phenols is 2. The number of phenolic OH excluding ortho intramolecular Hbond substituents is 2. The lowest BCUT2D eigenvalue weighted by Gasteiger charge is -2.34. The summed E-state index contributed by atoms with van der Waals surface area (Å²) in [5.74, 6) is 0.673. The van der Waals surface area contributed by atoms with Gasteiger partial charge in [0.15, 0.2) is 11.8 Å². The average Bonchev–Trinajstić information content (AvgIpc) is 3.64. The molecular weight excluding hydrogens is 1000 g/mol. The number of nitrogens with one attached hydrogen (secondary N) is 4. The number of rotatable bonds is 13. The number of ketones is 1. The number of amides is 4. The third-order valence-corrected chi connectivity index (χ3v) is 16.9. The van der Waals surface area contributed by atoms with E-state index in [2.05, 4.69) is 100.0 Å². The molecule has 3 aliphatic rings. The fourth-order valence-corrected chi connectivity index (χ4v) is 11.8. The van der Waals surface area contributed by atoms with Crippen LogP contribution in [0.4, 0.5) is 26.7 Å². The van der Waals surface area contributed by atoms with Crippen LogP contribution < -0.4 is 55.9 Å². The van der Waals surface area contributed by atoms with Crippen molar-refractivity contribution in [2.45, 2.75) is 209 Å². The second-order valence-electron chi connectivity index (χ2n) is 28.2. The second-order valence-corrected chi connectivity index (χ2v) is 28.2. The van der Waals surface area contributed by atoms with Gasteiger partial charge in [0.2, 0.25) is 5.36 Å². The van der Waals surface area contributed by atoms with Crippen LogP contribution in [0.15, 0.2) is 54.3 Å². The van der Waals surface area contributed by atoms with Gasteiger partial charge in [-0.1, -0.05) is 103 Å². The highest BCUT2D eigenvalue weighted by Gasteiger charge is 2.47. The van der Waals surface area contributed by atoms with Crippen LogP contribution in [0.3, 0.4) is 0 Å². The van der Waals surface area contributed by atoms with E-state index in [0.717, 1.165) is 44.4 Å². The normalized spacial score (nSPS) is 18.6. The Morgan fingerprint density at radius 3 is 1.48 bits per heavy atom. The van der Waals surface area contributed by atoms with Gasteiger partial charge in [0.1, 0.15) is 42.3 Å². The molecule has 434 valence electrons. The van der Waals surface area contributed by atoms with E-state index in [9.17, 15) is 19.8 Å². The van der Waals surface area contributed by atoms with Crippen LogP contribution in [0.5, 0.6) is 23.0 Å². The number of anilines is 3. The van der Waals surface area contributed by atoms with E-state index in [1.807, 2.05) is 132 Å². The van der Waals surface area contributed by atoms with Crippen molar-refractivity contribution in [2.75, 3.05) is 41.8 Å². The average molecular weight is 1100 g/mol. The summed E-state index contributed by atoms with van der Waals surface area (Å²) in [6.45, 7) is 46.4.